The van der Waals surface area contributed by atoms with Gasteiger partial charge in [0.2, 0.25) is 11.8 Å². The maximum Gasteiger partial charge on any atom is 0.246 e. The number of amides is 2. The number of unbranched alkanes of at least 4 members (excludes halogenated alkanes) is 1. The zero-order valence-electron chi connectivity index (χ0n) is 19.5. The number of halogens is 1. The Morgan fingerprint density at radius 2 is 1.70 bits per heavy atom. The molecule has 0 atom stereocenters. The van der Waals surface area contributed by atoms with Crippen molar-refractivity contribution in [3.63, 3.8) is 0 Å². The molecular weight excluding hydrogens is 417 g/mol. The van der Waals surface area contributed by atoms with Crippen molar-refractivity contribution in [1.82, 2.24) is 14.7 Å². The number of hydrogen-bond donors (Lipinski definition) is 0. The summed E-state index contributed by atoms with van der Waals surface area (Å²) in [5, 5.41) is 0. The number of nitrogens with zero attached hydrogens (tertiary/aromatic N) is 3. The molecule has 0 unspecified atom stereocenters. The normalized spacial score (nSPS) is 14.5. The molecule has 3 rings (SSSR count). The van der Waals surface area contributed by atoms with Crippen LogP contribution in [0.3, 0.4) is 0 Å². The van der Waals surface area contributed by atoms with E-state index in [1.807, 2.05) is 46.2 Å². The number of carbonyl (C=O) groups excluding carboxylic acids is 2. The van der Waals surface area contributed by atoms with Crippen LogP contribution in [-0.4, -0.2) is 65.8 Å². The van der Waals surface area contributed by atoms with Crippen molar-refractivity contribution >= 4 is 17.9 Å². The average molecular weight is 452 g/mol. The van der Waals surface area contributed by atoms with Gasteiger partial charge in [0.15, 0.2) is 0 Å². The SMILES string of the molecule is CCCCC(=O)N(CCN1CCN(C(=O)/C=C/c2ccccc2)CC1)Cc1ccc(F)cc1. The lowest BCUT2D eigenvalue weighted by Crippen LogP contribution is -2.50. The molecule has 0 saturated carbocycles. The van der Waals surface area contributed by atoms with Crippen molar-refractivity contribution < 1.29 is 14.0 Å². The highest BCUT2D eigenvalue weighted by molar-refractivity contribution is 5.91. The fraction of sp³-hybridized carbons (Fsp3) is 0.407. The smallest absolute Gasteiger partial charge is 0.246 e. The summed E-state index contributed by atoms with van der Waals surface area (Å²) in [6.07, 6.45) is 5.88. The van der Waals surface area contributed by atoms with E-state index in [-0.39, 0.29) is 17.6 Å². The molecule has 2 aromatic rings. The van der Waals surface area contributed by atoms with Gasteiger partial charge in [-0.05, 0) is 35.8 Å². The van der Waals surface area contributed by atoms with Crippen LogP contribution in [0.15, 0.2) is 60.7 Å². The lowest BCUT2D eigenvalue weighted by molar-refractivity contribution is -0.132. The minimum Gasteiger partial charge on any atom is -0.337 e. The summed E-state index contributed by atoms with van der Waals surface area (Å²) in [5.41, 5.74) is 1.94. The molecule has 33 heavy (non-hydrogen) atoms. The molecule has 6 heteroatoms. The van der Waals surface area contributed by atoms with E-state index in [9.17, 15) is 14.0 Å². The maximum atomic E-state index is 13.2. The van der Waals surface area contributed by atoms with E-state index < -0.39 is 0 Å². The largest absolute Gasteiger partial charge is 0.337 e. The van der Waals surface area contributed by atoms with Crippen LogP contribution in [0.4, 0.5) is 4.39 Å². The molecule has 0 spiro atoms. The summed E-state index contributed by atoms with van der Waals surface area (Å²) < 4.78 is 13.2. The fourth-order valence-electron chi connectivity index (χ4n) is 3.88. The van der Waals surface area contributed by atoms with Gasteiger partial charge in [-0.3, -0.25) is 14.5 Å². The number of rotatable bonds is 10. The van der Waals surface area contributed by atoms with E-state index in [0.29, 0.717) is 32.6 Å². The molecule has 0 aliphatic carbocycles. The van der Waals surface area contributed by atoms with Gasteiger partial charge in [0.25, 0.3) is 0 Å². The summed E-state index contributed by atoms with van der Waals surface area (Å²) in [7, 11) is 0. The Morgan fingerprint density at radius 3 is 2.36 bits per heavy atom. The van der Waals surface area contributed by atoms with E-state index in [4.69, 9.17) is 0 Å². The summed E-state index contributed by atoms with van der Waals surface area (Å²) in [4.78, 5) is 31.3. The van der Waals surface area contributed by atoms with Crippen molar-refractivity contribution in [2.24, 2.45) is 0 Å². The first kappa shape index (κ1) is 24.6. The molecular formula is C27H34FN3O2. The summed E-state index contributed by atoms with van der Waals surface area (Å²) in [5.74, 6) is -0.0964. The molecule has 1 aliphatic heterocycles. The van der Waals surface area contributed by atoms with Crippen LogP contribution in [-0.2, 0) is 16.1 Å². The molecule has 0 radical (unpaired) electrons. The second-order valence-electron chi connectivity index (χ2n) is 8.46. The lowest BCUT2D eigenvalue weighted by Gasteiger charge is -2.35. The van der Waals surface area contributed by atoms with Crippen molar-refractivity contribution in [3.05, 3.63) is 77.6 Å². The minimum atomic E-state index is -0.270. The van der Waals surface area contributed by atoms with Crippen LogP contribution in [0.25, 0.3) is 6.08 Å². The topological polar surface area (TPSA) is 43.9 Å². The van der Waals surface area contributed by atoms with Crippen molar-refractivity contribution in [1.29, 1.82) is 0 Å². The van der Waals surface area contributed by atoms with Gasteiger partial charge in [-0.25, -0.2) is 4.39 Å². The Hall–Kier alpha value is -2.99. The van der Waals surface area contributed by atoms with E-state index in [1.165, 1.54) is 12.1 Å². The van der Waals surface area contributed by atoms with Gasteiger partial charge in [0, 0.05) is 58.3 Å². The predicted octanol–water partition coefficient (Wildman–Crippen LogP) is 4.20. The molecule has 1 fully saturated rings. The van der Waals surface area contributed by atoms with Crippen LogP contribution in [0.5, 0.6) is 0 Å². The first-order valence-corrected chi connectivity index (χ1v) is 11.8. The quantitative estimate of drug-likeness (QED) is 0.509. The van der Waals surface area contributed by atoms with E-state index in [2.05, 4.69) is 11.8 Å². The molecule has 1 aliphatic rings. The fourth-order valence-corrected chi connectivity index (χ4v) is 3.88. The Bertz CT molecular complexity index is 907. The molecule has 5 nitrogen and oxygen atoms in total. The standard InChI is InChI=1S/C27H34FN3O2/c1-2-3-9-26(32)31(22-24-10-13-25(28)14-11-24)21-18-29-16-19-30(20-17-29)27(33)15-12-23-7-5-4-6-8-23/h4-8,10-15H,2-3,9,16-22H2,1H3/b15-12+. The highest BCUT2D eigenvalue weighted by Crippen LogP contribution is 2.11. The van der Waals surface area contributed by atoms with Crippen molar-refractivity contribution in [2.75, 3.05) is 39.3 Å². The zero-order valence-corrected chi connectivity index (χ0v) is 19.5. The van der Waals surface area contributed by atoms with Crippen LogP contribution in [0, 0.1) is 5.82 Å². The minimum absolute atomic E-state index is 0.0335. The molecule has 0 N–H and O–H groups in total. The van der Waals surface area contributed by atoms with Gasteiger partial charge in [-0.1, -0.05) is 55.8 Å². The molecule has 0 aromatic heterocycles. The maximum absolute atomic E-state index is 13.2. The average Bonchev–Trinajstić information content (AvgIpc) is 2.85. The third-order valence-corrected chi connectivity index (χ3v) is 5.97. The highest BCUT2D eigenvalue weighted by atomic mass is 19.1. The van der Waals surface area contributed by atoms with Crippen LogP contribution >= 0.6 is 0 Å². The second-order valence-corrected chi connectivity index (χ2v) is 8.46. The Kier molecular flexibility index (Phi) is 9.63. The molecule has 1 heterocycles. The Labute approximate surface area is 196 Å². The Balaban J connectivity index is 1.48. The van der Waals surface area contributed by atoms with Crippen molar-refractivity contribution in [3.8, 4) is 0 Å². The van der Waals surface area contributed by atoms with E-state index >= 15 is 0 Å². The van der Waals surface area contributed by atoms with E-state index in [0.717, 1.165) is 43.6 Å². The second kappa shape index (κ2) is 12.9. The van der Waals surface area contributed by atoms with Crippen LogP contribution in [0.1, 0.15) is 37.3 Å². The Morgan fingerprint density at radius 1 is 1.00 bits per heavy atom. The number of carbonyl (C=O) groups is 2. The van der Waals surface area contributed by atoms with Gasteiger partial charge in [0.05, 0.1) is 0 Å². The molecule has 0 bridgehead atoms. The monoisotopic (exact) mass is 451 g/mol. The summed E-state index contributed by atoms with van der Waals surface area (Å²) >= 11 is 0. The molecule has 2 aromatic carbocycles. The van der Waals surface area contributed by atoms with Gasteiger partial charge in [-0.2, -0.15) is 0 Å². The highest BCUT2D eigenvalue weighted by Gasteiger charge is 2.21. The molecule has 1 saturated heterocycles. The zero-order chi connectivity index (χ0) is 23.5. The molecule has 176 valence electrons. The number of piperazine rings is 1. The van der Waals surface area contributed by atoms with Crippen LogP contribution in [0.2, 0.25) is 0 Å². The molecule has 2 amide bonds. The van der Waals surface area contributed by atoms with Gasteiger partial charge in [-0.15, -0.1) is 0 Å². The van der Waals surface area contributed by atoms with Crippen LogP contribution < -0.4 is 0 Å². The first-order chi connectivity index (χ1) is 16.0. The summed E-state index contributed by atoms with van der Waals surface area (Å²) in [6.45, 7) is 6.90. The van der Waals surface area contributed by atoms with Gasteiger partial charge >= 0.3 is 0 Å². The van der Waals surface area contributed by atoms with Crippen molar-refractivity contribution in [2.45, 2.75) is 32.7 Å². The lowest BCUT2D eigenvalue weighted by atomic mass is 10.1. The summed E-state index contributed by atoms with van der Waals surface area (Å²) in [6, 6.07) is 16.2. The van der Waals surface area contributed by atoms with Gasteiger partial charge < -0.3 is 9.80 Å². The third-order valence-electron chi connectivity index (χ3n) is 5.97. The van der Waals surface area contributed by atoms with Gasteiger partial charge in [0.1, 0.15) is 5.82 Å². The van der Waals surface area contributed by atoms with E-state index in [1.54, 1.807) is 18.2 Å². The first-order valence-electron chi connectivity index (χ1n) is 11.8. The predicted molar refractivity (Wildman–Crippen MR) is 130 cm³/mol. The number of benzene rings is 2. The number of hydrogen-bond acceptors (Lipinski definition) is 3. The third kappa shape index (κ3) is 8.13.